The highest BCUT2D eigenvalue weighted by Gasteiger charge is 2.47. The summed E-state index contributed by atoms with van der Waals surface area (Å²) in [6.45, 7) is 9.30. The van der Waals surface area contributed by atoms with Crippen molar-refractivity contribution in [1.82, 2.24) is 9.80 Å². The van der Waals surface area contributed by atoms with Gasteiger partial charge >= 0.3 is 12.3 Å². The van der Waals surface area contributed by atoms with Crippen molar-refractivity contribution >= 4 is 18.1 Å². The molecule has 158 valence electrons. The molecule has 0 aromatic heterocycles. The van der Waals surface area contributed by atoms with E-state index in [0.717, 1.165) is 11.6 Å². The van der Waals surface area contributed by atoms with Crippen molar-refractivity contribution in [2.24, 2.45) is 0 Å². The van der Waals surface area contributed by atoms with Crippen LogP contribution in [0.1, 0.15) is 67.7 Å². The highest BCUT2D eigenvalue weighted by atomic mass is 19.4. The summed E-state index contributed by atoms with van der Waals surface area (Å²) in [6, 6.07) is 2.03. The second-order valence-corrected chi connectivity index (χ2v) is 8.69. The molecule has 0 spiro atoms. The van der Waals surface area contributed by atoms with Gasteiger partial charge in [0.05, 0.1) is 17.2 Å². The van der Waals surface area contributed by atoms with Crippen LogP contribution in [-0.2, 0) is 10.9 Å². The Hall–Kier alpha value is -2.51. The lowest BCUT2D eigenvalue weighted by Crippen LogP contribution is -2.50. The van der Waals surface area contributed by atoms with Crippen LogP contribution in [0.15, 0.2) is 17.7 Å². The van der Waals surface area contributed by atoms with Crippen molar-refractivity contribution in [2.75, 3.05) is 19.6 Å². The Morgan fingerprint density at radius 2 is 1.83 bits per heavy atom. The summed E-state index contributed by atoms with van der Waals surface area (Å²) < 4.78 is 46.6. The van der Waals surface area contributed by atoms with Gasteiger partial charge in [-0.25, -0.2) is 4.79 Å². The summed E-state index contributed by atoms with van der Waals surface area (Å²) >= 11 is 0. The number of halogens is 3. The van der Waals surface area contributed by atoms with E-state index in [4.69, 9.17) is 4.74 Å². The first-order valence-corrected chi connectivity index (χ1v) is 9.47. The van der Waals surface area contributed by atoms with Crippen molar-refractivity contribution in [1.29, 1.82) is 0 Å². The van der Waals surface area contributed by atoms with Gasteiger partial charge in [-0.1, -0.05) is 11.6 Å². The van der Waals surface area contributed by atoms with E-state index in [1.165, 1.54) is 9.80 Å². The Balaban J connectivity index is 2.03. The van der Waals surface area contributed by atoms with Gasteiger partial charge in [-0.15, -0.1) is 0 Å². The van der Waals surface area contributed by atoms with Crippen LogP contribution in [0.4, 0.5) is 18.0 Å². The Bertz CT molecular complexity index is 880. The monoisotopic (exact) mass is 410 g/mol. The second-order valence-electron chi connectivity index (χ2n) is 8.69. The van der Waals surface area contributed by atoms with E-state index in [9.17, 15) is 22.8 Å². The van der Waals surface area contributed by atoms with E-state index >= 15 is 0 Å². The zero-order valence-corrected chi connectivity index (χ0v) is 17.2. The van der Waals surface area contributed by atoms with Crippen LogP contribution in [-0.4, -0.2) is 47.0 Å². The number of benzene rings is 1. The molecule has 0 bridgehead atoms. The van der Waals surface area contributed by atoms with Crippen LogP contribution in [0.25, 0.3) is 6.08 Å². The van der Waals surface area contributed by atoms with Crippen molar-refractivity contribution < 1.29 is 27.5 Å². The molecule has 3 rings (SSSR count). The zero-order chi connectivity index (χ0) is 21.7. The fourth-order valence-electron chi connectivity index (χ4n) is 3.76. The Labute approximate surface area is 168 Å². The van der Waals surface area contributed by atoms with E-state index in [1.807, 2.05) is 0 Å². The molecule has 2 aliphatic rings. The average molecular weight is 410 g/mol. The number of rotatable bonds is 1. The maximum absolute atomic E-state index is 13.7. The molecule has 1 aromatic carbocycles. The van der Waals surface area contributed by atoms with E-state index < -0.39 is 35.4 Å². The Morgan fingerprint density at radius 1 is 1.17 bits per heavy atom. The summed E-state index contributed by atoms with van der Waals surface area (Å²) in [4.78, 5) is 28.1. The van der Waals surface area contributed by atoms with Gasteiger partial charge < -0.3 is 14.5 Å². The number of fused-ring (bicyclic) bond motifs is 3. The normalized spacial score (nSPS) is 19.0. The molecule has 2 heterocycles. The number of ether oxygens (including phenoxy) is 1. The molecule has 2 aliphatic heterocycles. The van der Waals surface area contributed by atoms with E-state index in [-0.39, 0.29) is 25.2 Å². The van der Waals surface area contributed by atoms with Gasteiger partial charge in [-0.3, -0.25) is 4.79 Å². The zero-order valence-electron chi connectivity index (χ0n) is 17.2. The Kier molecular flexibility index (Phi) is 5.17. The van der Waals surface area contributed by atoms with Crippen molar-refractivity contribution in [2.45, 2.75) is 52.4 Å². The molecular formula is C21H25F3N2O3. The third-order valence-electron chi connectivity index (χ3n) is 4.82. The van der Waals surface area contributed by atoms with Gasteiger partial charge in [-0.2, -0.15) is 13.2 Å². The molecular weight excluding hydrogens is 385 g/mol. The van der Waals surface area contributed by atoms with Gasteiger partial charge in [0.1, 0.15) is 5.60 Å². The SMILES string of the molecule is CC(C)=Cc1cc2c(c(C(F)(F)F)c1)C(=O)N1CCN(C(=O)OC(C)(C)C)C[C@@H]21. The van der Waals surface area contributed by atoms with Crippen LogP contribution in [0.5, 0.6) is 0 Å². The quantitative estimate of drug-likeness (QED) is 0.663. The molecule has 2 amide bonds. The van der Waals surface area contributed by atoms with Gasteiger partial charge in [0, 0.05) is 19.6 Å². The third kappa shape index (κ3) is 4.26. The number of hydrogen-bond acceptors (Lipinski definition) is 3. The fourth-order valence-corrected chi connectivity index (χ4v) is 3.76. The standard InChI is InChI=1S/C21H25F3N2O3/c1-12(2)8-13-9-14-16-11-25(19(28)29-20(3,4)5)6-7-26(16)18(27)17(14)15(10-13)21(22,23)24/h8-10,16H,6-7,11H2,1-5H3/t16-/m0/s1. The van der Waals surface area contributed by atoms with Gasteiger partial charge in [-0.05, 0) is 57.9 Å². The Morgan fingerprint density at radius 3 is 2.38 bits per heavy atom. The van der Waals surface area contributed by atoms with Crippen molar-refractivity contribution in [3.63, 3.8) is 0 Å². The highest BCUT2D eigenvalue weighted by Crippen LogP contribution is 2.44. The van der Waals surface area contributed by atoms with E-state index in [0.29, 0.717) is 11.1 Å². The molecule has 1 fully saturated rings. The number of carbonyl (C=O) groups excluding carboxylic acids is 2. The molecule has 0 aliphatic carbocycles. The molecule has 1 saturated heterocycles. The minimum atomic E-state index is -4.65. The number of carbonyl (C=O) groups is 2. The first kappa shape index (κ1) is 21.2. The van der Waals surface area contributed by atoms with Crippen LogP contribution >= 0.6 is 0 Å². The van der Waals surface area contributed by atoms with Gasteiger partial charge in [0.25, 0.3) is 5.91 Å². The molecule has 0 N–H and O–H groups in total. The first-order chi connectivity index (χ1) is 13.3. The minimum absolute atomic E-state index is 0.100. The predicted molar refractivity (Wildman–Crippen MR) is 102 cm³/mol. The number of piperazine rings is 1. The molecule has 8 heteroatoms. The molecule has 29 heavy (non-hydrogen) atoms. The molecule has 1 aromatic rings. The number of nitrogens with zero attached hydrogens (tertiary/aromatic N) is 2. The lowest BCUT2D eigenvalue weighted by atomic mass is 9.94. The summed E-state index contributed by atoms with van der Waals surface area (Å²) in [5.74, 6) is -0.634. The van der Waals surface area contributed by atoms with E-state index in [1.54, 1.807) is 46.8 Å². The number of alkyl halides is 3. The minimum Gasteiger partial charge on any atom is -0.444 e. The van der Waals surface area contributed by atoms with Gasteiger partial charge in [0.15, 0.2) is 0 Å². The molecule has 5 nitrogen and oxygen atoms in total. The lowest BCUT2D eigenvalue weighted by molar-refractivity contribution is -0.138. The predicted octanol–water partition coefficient (Wildman–Crippen LogP) is 4.88. The average Bonchev–Trinajstić information content (AvgIpc) is 2.83. The third-order valence-corrected chi connectivity index (χ3v) is 4.82. The van der Waals surface area contributed by atoms with Crippen molar-refractivity contribution in [3.05, 3.63) is 40.0 Å². The van der Waals surface area contributed by atoms with E-state index in [2.05, 4.69) is 0 Å². The molecule has 0 unspecified atom stereocenters. The summed E-state index contributed by atoms with van der Waals surface area (Å²) in [7, 11) is 0. The van der Waals surface area contributed by atoms with Crippen LogP contribution in [0.3, 0.4) is 0 Å². The smallest absolute Gasteiger partial charge is 0.417 e. The topological polar surface area (TPSA) is 49.9 Å². The largest absolute Gasteiger partial charge is 0.444 e. The second kappa shape index (κ2) is 7.07. The first-order valence-electron chi connectivity index (χ1n) is 9.47. The van der Waals surface area contributed by atoms with Crippen LogP contribution in [0, 0.1) is 0 Å². The fraction of sp³-hybridized carbons (Fsp3) is 0.524. The summed E-state index contributed by atoms with van der Waals surface area (Å²) in [5.41, 5.74) is -0.369. The number of hydrogen-bond donors (Lipinski definition) is 0. The van der Waals surface area contributed by atoms with Crippen LogP contribution in [0.2, 0.25) is 0 Å². The van der Waals surface area contributed by atoms with Gasteiger partial charge in [0.2, 0.25) is 0 Å². The summed E-state index contributed by atoms with van der Waals surface area (Å²) in [5, 5.41) is 0. The maximum atomic E-state index is 13.7. The molecule has 0 saturated carbocycles. The molecule has 1 atom stereocenters. The lowest BCUT2D eigenvalue weighted by Gasteiger charge is -2.38. The highest BCUT2D eigenvalue weighted by molar-refractivity contribution is 6.01. The number of allylic oxidation sites excluding steroid dienone is 1. The van der Waals surface area contributed by atoms with Crippen LogP contribution < -0.4 is 0 Å². The molecule has 0 radical (unpaired) electrons. The summed E-state index contributed by atoms with van der Waals surface area (Å²) in [6.07, 6.45) is -3.53. The van der Waals surface area contributed by atoms with Crippen molar-refractivity contribution in [3.8, 4) is 0 Å². The number of amides is 2. The maximum Gasteiger partial charge on any atom is 0.417 e.